The second-order valence-corrected chi connectivity index (χ2v) is 5.62. The van der Waals surface area contributed by atoms with Crippen molar-refractivity contribution in [2.45, 2.75) is 38.5 Å². The van der Waals surface area contributed by atoms with Crippen LogP contribution in [0.15, 0.2) is 0 Å². The average Bonchev–Trinajstić information content (AvgIpc) is 2.95. The van der Waals surface area contributed by atoms with E-state index in [1.165, 1.54) is 32.1 Å². The topological polar surface area (TPSA) is 63.2 Å². The molecular formula is C14H23N5O. The molecule has 3 rings (SSSR count). The lowest BCUT2D eigenvalue weighted by Crippen LogP contribution is -2.22. The zero-order chi connectivity index (χ0) is 13.8. The Hall–Kier alpha value is -1.59. The van der Waals surface area contributed by atoms with Crippen LogP contribution < -0.4 is 15.0 Å². The maximum atomic E-state index is 5.73. The van der Waals surface area contributed by atoms with Crippen molar-refractivity contribution in [1.29, 1.82) is 0 Å². The summed E-state index contributed by atoms with van der Waals surface area (Å²) in [5.41, 5.74) is 0. The van der Waals surface area contributed by atoms with Crippen molar-refractivity contribution < 1.29 is 4.74 Å². The van der Waals surface area contributed by atoms with E-state index < -0.39 is 0 Å². The third-order valence-electron chi connectivity index (χ3n) is 4.20. The fraction of sp³-hybridized carbons (Fsp3) is 0.786. The Bertz CT molecular complexity index is 443. The summed E-state index contributed by atoms with van der Waals surface area (Å²) in [6, 6.07) is 0.450. The Morgan fingerprint density at radius 3 is 2.60 bits per heavy atom. The minimum Gasteiger partial charge on any atom is -0.463 e. The van der Waals surface area contributed by atoms with Gasteiger partial charge in [0.25, 0.3) is 0 Å². The Labute approximate surface area is 120 Å². The van der Waals surface area contributed by atoms with Crippen LogP contribution >= 0.6 is 0 Å². The van der Waals surface area contributed by atoms with Gasteiger partial charge in [0.15, 0.2) is 0 Å². The number of rotatable bonds is 6. The predicted octanol–water partition coefficient (Wildman–Crippen LogP) is 2.08. The van der Waals surface area contributed by atoms with Crippen molar-refractivity contribution in [2.75, 3.05) is 37.0 Å². The number of aromatic nitrogens is 3. The molecule has 1 saturated carbocycles. The maximum Gasteiger partial charge on any atom is 0.323 e. The quantitative estimate of drug-likeness (QED) is 0.859. The van der Waals surface area contributed by atoms with Crippen molar-refractivity contribution in [3.05, 3.63) is 0 Å². The van der Waals surface area contributed by atoms with Crippen LogP contribution in [0.3, 0.4) is 0 Å². The molecule has 1 aromatic rings. The van der Waals surface area contributed by atoms with Gasteiger partial charge in [-0.1, -0.05) is 19.3 Å². The summed E-state index contributed by atoms with van der Waals surface area (Å²) in [4.78, 5) is 15.3. The molecule has 1 saturated heterocycles. The Balaban J connectivity index is 1.63. The number of nitrogens with zero attached hydrogens (tertiary/aromatic N) is 4. The highest BCUT2D eigenvalue weighted by Gasteiger charge is 2.19. The first-order valence-corrected chi connectivity index (χ1v) is 7.67. The fourth-order valence-electron chi connectivity index (χ4n) is 2.68. The molecule has 0 spiro atoms. The van der Waals surface area contributed by atoms with Gasteiger partial charge in [-0.3, -0.25) is 0 Å². The minimum atomic E-state index is 0.450. The lowest BCUT2D eigenvalue weighted by atomic mass is 9.83. The number of hydrogen-bond acceptors (Lipinski definition) is 6. The second kappa shape index (κ2) is 6.24. The molecule has 0 amide bonds. The molecule has 1 aromatic heterocycles. The van der Waals surface area contributed by atoms with Gasteiger partial charge in [0, 0.05) is 20.1 Å². The highest BCUT2D eigenvalue weighted by Crippen LogP contribution is 2.29. The van der Waals surface area contributed by atoms with Crippen molar-refractivity contribution in [2.24, 2.45) is 5.92 Å². The van der Waals surface area contributed by atoms with Crippen molar-refractivity contribution in [3.8, 4) is 6.01 Å². The van der Waals surface area contributed by atoms with E-state index in [0.717, 1.165) is 31.4 Å². The van der Waals surface area contributed by atoms with Gasteiger partial charge in [0.1, 0.15) is 0 Å². The van der Waals surface area contributed by atoms with Crippen LogP contribution in [0.4, 0.5) is 11.9 Å². The second-order valence-electron chi connectivity index (χ2n) is 5.62. The van der Waals surface area contributed by atoms with Crippen LogP contribution in [0.2, 0.25) is 0 Å². The lowest BCUT2D eigenvalue weighted by Gasteiger charge is -2.24. The molecule has 2 aliphatic rings. The number of anilines is 2. The van der Waals surface area contributed by atoms with Crippen molar-refractivity contribution in [1.82, 2.24) is 15.0 Å². The highest BCUT2D eigenvalue weighted by atomic mass is 16.5. The lowest BCUT2D eigenvalue weighted by molar-refractivity contribution is 0.212. The molecule has 6 nitrogen and oxygen atoms in total. The van der Waals surface area contributed by atoms with Crippen LogP contribution in [0.1, 0.15) is 38.5 Å². The molecule has 0 aromatic carbocycles. The van der Waals surface area contributed by atoms with Crippen LogP contribution in [-0.2, 0) is 0 Å². The first-order valence-electron chi connectivity index (χ1n) is 7.67. The summed E-state index contributed by atoms with van der Waals surface area (Å²) in [5.74, 6) is 2.17. The largest absolute Gasteiger partial charge is 0.463 e. The van der Waals surface area contributed by atoms with E-state index in [-0.39, 0.29) is 0 Å². The Morgan fingerprint density at radius 2 is 1.95 bits per heavy atom. The zero-order valence-corrected chi connectivity index (χ0v) is 12.1. The molecular weight excluding hydrogens is 254 g/mol. The van der Waals surface area contributed by atoms with Gasteiger partial charge in [-0.25, -0.2) is 0 Å². The van der Waals surface area contributed by atoms with Gasteiger partial charge in [0.2, 0.25) is 11.9 Å². The van der Waals surface area contributed by atoms with Gasteiger partial charge < -0.3 is 15.0 Å². The monoisotopic (exact) mass is 277 g/mol. The molecule has 0 atom stereocenters. The summed E-state index contributed by atoms with van der Waals surface area (Å²) in [5, 5.41) is 2.98. The molecule has 0 bridgehead atoms. The van der Waals surface area contributed by atoms with Crippen molar-refractivity contribution >= 4 is 11.9 Å². The van der Waals surface area contributed by atoms with E-state index in [1.807, 2.05) is 7.05 Å². The van der Waals surface area contributed by atoms with E-state index in [0.29, 0.717) is 18.6 Å². The summed E-state index contributed by atoms with van der Waals surface area (Å²) >= 11 is 0. The maximum absolute atomic E-state index is 5.73. The van der Waals surface area contributed by atoms with E-state index >= 15 is 0 Å². The Kier molecular flexibility index (Phi) is 4.18. The normalized spacial score (nSPS) is 18.9. The predicted molar refractivity (Wildman–Crippen MR) is 78.3 cm³/mol. The SMILES string of the molecule is CNc1nc(OCCC2CCC2)nc(N2CCCC2)n1. The third-order valence-corrected chi connectivity index (χ3v) is 4.20. The highest BCUT2D eigenvalue weighted by molar-refractivity contribution is 5.38. The van der Waals surface area contributed by atoms with Crippen LogP contribution in [0.25, 0.3) is 0 Å². The molecule has 2 fully saturated rings. The van der Waals surface area contributed by atoms with E-state index in [2.05, 4.69) is 25.2 Å². The molecule has 2 heterocycles. The molecule has 1 aliphatic heterocycles. The molecule has 110 valence electrons. The van der Waals surface area contributed by atoms with Gasteiger partial charge in [-0.15, -0.1) is 0 Å². The van der Waals surface area contributed by atoms with E-state index in [4.69, 9.17) is 4.74 Å². The molecule has 1 N–H and O–H groups in total. The number of ether oxygens (including phenoxy) is 1. The van der Waals surface area contributed by atoms with Crippen molar-refractivity contribution in [3.63, 3.8) is 0 Å². The van der Waals surface area contributed by atoms with Gasteiger partial charge >= 0.3 is 6.01 Å². The van der Waals surface area contributed by atoms with Gasteiger partial charge in [-0.2, -0.15) is 15.0 Å². The number of hydrogen-bond donors (Lipinski definition) is 1. The molecule has 6 heteroatoms. The summed E-state index contributed by atoms with van der Waals surface area (Å²) in [6.45, 7) is 2.75. The van der Waals surface area contributed by atoms with Crippen LogP contribution in [0.5, 0.6) is 6.01 Å². The molecule has 1 aliphatic carbocycles. The molecule has 0 radical (unpaired) electrons. The Morgan fingerprint density at radius 1 is 1.15 bits per heavy atom. The van der Waals surface area contributed by atoms with Gasteiger partial charge in [-0.05, 0) is 25.2 Å². The van der Waals surface area contributed by atoms with Gasteiger partial charge in [0.05, 0.1) is 6.61 Å². The molecule has 0 unspecified atom stereocenters. The standard InChI is InChI=1S/C14H23N5O/c1-15-12-16-13(19-8-2-3-9-19)18-14(17-12)20-10-7-11-5-4-6-11/h11H,2-10H2,1H3,(H,15,16,17,18). The summed E-state index contributed by atoms with van der Waals surface area (Å²) < 4.78 is 5.73. The zero-order valence-electron chi connectivity index (χ0n) is 12.1. The van der Waals surface area contributed by atoms with E-state index in [9.17, 15) is 0 Å². The summed E-state index contributed by atoms with van der Waals surface area (Å²) in [7, 11) is 1.82. The van der Waals surface area contributed by atoms with Crippen LogP contribution in [-0.4, -0.2) is 41.7 Å². The molecule has 20 heavy (non-hydrogen) atoms. The van der Waals surface area contributed by atoms with Crippen LogP contribution in [0, 0.1) is 5.92 Å². The minimum absolute atomic E-state index is 0.450. The smallest absolute Gasteiger partial charge is 0.323 e. The summed E-state index contributed by atoms with van der Waals surface area (Å²) in [6.07, 6.45) is 7.60. The first kappa shape index (κ1) is 13.4. The number of nitrogens with one attached hydrogen (secondary N) is 1. The average molecular weight is 277 g/mol. The third kappa shape index (κ3) is 3.11. The first-order chi connectivity index (χ1) is 9.85. The fourth-order valence-corrected chi connectivity index (χ4v) is 2.68. The van der Waals surface area contributed by atoms with E-state index in [1.54, 1.807) is 0 Å².